The minimum atomic E-state index is 0.473. The van der Waals surface area contributed by atoms with Gasteiger partial charge < -0.3 is 4.42 Å². The molecule has 3 aliphatic rings. The minimum Gasteiger partial charge on any atom is -0.455 e. The van der Waals surface area contributed by atoms with E-state index in [0.29, 0.717) is 23.4 Å². The van der Waals surface area contributed by atoms with Gasteiger partial charge in [-0.1, -0.05) is 109 Å². The zero-order valence-corrected chi connectivity index (χ0v) is 24.6. The molecule has 4 heteroatoms. The van der Waals surface area contributed by atoms with Gasteiger partial charge in [-0.15, -0.1) is 0 Å². The van der Waals surface area contributed by atoms with Crippen LogP contribution >= 0.6 is 0 Å². The van der Waals surface area contributed by atoms with Crippen molar-refractivity contribution in [2.24, 2.45) is 5.92 Å². The normalized spacial score (nSPS) is 17.0. The topological polar surface area (TPSA) is 51.8 Å². The lowest BCUT2D eigenvalue weighted by Crippen LogP contribution is -2.00. The summed E-state index contributed by atoms with van der Waals surface area (Å²) in [6, 6.07) is 27.2. The third-order valence-corrected chi connectivity index (χ3v) is 8.80. The van der Waals surface area contributed by atoms with Crippen LogP contribution in [0.4, 0.5) is 0 Å². The van der Waals surface area contributed by atoms with Crippen molar-refractivity contribution < 1.29 is 4.42 Å². The number of allylic oxidation sites excluding steroid dienone is 13. The molecule has 2 heterocycles. The van der Waals surface area contributed by atoms with Crippen molar-refractivity contribution in [3.8, 4) is 22.8 Å². The lowest BCUT2D eigenvalue weighted by Gasteiger charge is -2.11. The Labute approximate surface area is 260 Å². The highest BCUT2D eigenvalue weighted by Crippen LogP contribution is 2.52. The molecule has 0 saturated heterocycles. The van der Waals surface area contributed by atoms with E-state index < -0.39 is 0 Å². The van der Waals surface area contributed by atoms with E-state index in [0.717, 1.165) is 49.4 Å². The summed E-state index contributed by atoms with van der Waals surface area (Å²) in [4.78, 5) is 14.7. The van der Waals surface area contributed by atoms with Crippen LogP contribution in [0.25, 0.3) is 67.1 Å². The number of hydrogen-bond donors (Lipinski definition) is 0. The first-order chi connectivity index (χ1) is 22.2. The van der Waals surface area contributed by atoms with E-state index in [1.165, 1.54) is 22.3 Å². The fourth-order valence-electron chi connectivity index (χ4n) is 6.60. The third kappa shape index (κ3) is 4.26. The van der Waals surface area contributed by atoms with Crippen molar-refractivity contribution in [3.05, 3.63) is 162 Å². The first-order valence-electron chi connectivity index (χ1n) is 15.3. The largest absolute Gasteiger partial charge is 0.455 e. The van der Waals surface area contributed by atoms with E-state index >= 15 is 0 Å². The SMILES string of the molecule is C/C=C\C=C\c1nc(-c2ccccc2)nc(-c2cc3c4ccc(C5=CC6=C7C=CC=CC(=C5)[C@@H]76)cc4oc3c3ccccc23)n1. The van der Waals surface area contributed by atoms with E-state index in [1.807, 2.05) is 61.6 Å². The highest BCUT2D eigenvalue weighted by atomic mass is 16.3. The lowest BCUT2D eigenvalue weighted by atomic mass is 9.92. The van der Waals surface area contributed by atoms with Crippen LogP contribution in [0.5, 0.6) is 0 Å². The molecular formula is C41H27N3O. The van der Waals surface area contributed by atoms with Crippen molar-refractivity contribution in [2.45, 2.75) is 6.92 Å². The number of hydrogen-bond acceptors (Lipinski definition) is 4. The summed E-state index contributed by atoms with van der Waals surface area (Å²) >= 11 is 0. The Morgan fingerprint density at radius 3 is 2.38 bits per heavy atom. The van der Waals surface area contributed by atoms with E-state index in [1.54, 1.807) is 0 Å². The van der Waals surface area contributed by atoms with Crippen molar-refractivity contribution in [3.63, 3.8) is 0 Å². The van der Waals surface area contributed by atoms with Crippen LogP contribution in [0, 0.1) is 5.92 Å². The Morgan fingerprint density at radius 1 is 0.667 bits per heavy atom. The average molecular weight is 578 g/mol. The van der Waals surface area contributed by atoms with Gasteiger partial charge in [0.15, 0.2) is 17.5 Å². The molecule has 0 unspecified atom stereocenters. The minimum absolute atomic E-state index is 0.473. The van der Waals surface area contributed by atoms with Gasteiger partial charge in [0, 0.05) is 33.2 Å². The Hall–Kier alpha value is -5.87. The van der Waals surface area contributed by atoms with Gasteiger partial charge in [-0.25, -0.2) is 15.0 Å². The molecular weight excluding hydrogens is 550 g/mol. The van der Waals surface area contributed by atoms with Crippen LogP contribution < -0.4 is 0 Å². The van der Waals surface area contributed by atoms with Gasteiger partial charge in [0.1, 0.15) is 11.2 Å². The smallest absolute Gasteiger partial charge is 0.164 e. The summed E-state index contributed by atoms with van der Waals surface area (Å²) < 4.78 is 6.66. The summed E-state index contributed by atoms with van der Waals surface area (Å²) in [7, 11) is 0. The summed E-state index contributed by atoms with van der Waals surface area (Å²) in [5, 5.41) is 4.18. The molecule has 45 heavy (non-hydrogen) atoms. The number of furan rings is 1. The molecule has 0 spiro atoms. The summed E-state index contributed by atoms with van der Waals surface area (Å²) in [5.74, 6) is 2.35. The van der Waals surface area contributed by atoms with E-state index in [4.69, 9.17) is 19.4 Å². The van der Waals surface area contributed by atoms with Crippen molar-refractivity contribution in [1.82, 2.24) is 15.0 Å². The number of nitrogens with zero attached hydrogens (tertiary/aromatic N) is 3. The molecule has 2 aromatic heterocycles. The molecule has 4 aromatic carbocycles. The maximum absolute atomic E-state index is 6.66. The van der Waals surface area contributed by atoms with Gasteiger partial charge in [-0.2, -0.15) is 0 Å². The Morgan fingerprint density at radius 2 is 1.49 bits per heavy atom. The number of fused-ring (bicyclic) bond motifs is 5. The zero-order valence-electron chi connectivity index (χ0n) is 24.6. The third-order valence-electron chi connectivity index (χ3n) is 8.80. The molecule has 0 aliphatic heterocycles. The highest BCUT2D eigenvalue weighted by Gasteiger charge is 2.38. The predicted molar refractivity (Wildman–Crippen MR) is 184 cm³/mol. The molecule has 0 N–H and O–H groups in total. The zero-order chi connectivity index (χ0) is 29.9. The molecule has 1 atom stereocenters. The standard InChI is InChI=1S/C41H27N3O/c1-2-3-5-18-37-42-40(25-12-6-4-7-13-25)44-41(43-37)35-24-34-30-20-19-26(23-36(30)45-39(34)32-17-11-10-15-29(32)35)28-21-27-14-8-9-16-31-33(22-28)38(27)31/h2-24,38H,1H3/b3-2-,18-5+/t38-/m0/s1. The summed E-state index contributed by atoms with van der Waals surface area (Å²) in [5.41, 5.74) is 10.2. The Balaban J connectivity index is 1.23. The van der Waals surface area contributed by atoms with E-state index in [9.17, 15) is 0 Å². The van der Waals surface area contributed by atoms with Crippen LogP contribution in [0.15, 0.2) is 155 Å². The monoisotopic (exact) mass is 577 g/mol. The predicted octanol–water partition coefficient (Wildman–Crippen LogP) is 10.2. The molecule has 9 rings (SSSR count). The molecule has 6 aromatic rings. The lowest BCUT2D eigenvalue weighted by molar-refractivity contribution is 0.672. The maximum atomic E-state index is 6.66. The van der Waals surface area contributed by atoms with Gasteiger partial charge in [-0.05, 0) is 70.5 Å². The number of aromatic nitrogens is 3. The molecule has 0 amide bonds. The first-order valence-corrected chi connectivity index (χ1v) is 15.3. The fraction of sp³-hybridized carbons (Fsp3) is 0.0488. The summed E-state index contributed by atoms with van der Waals surface area (Å²) in [6.45, 7) is 1.99. The van der Waals surface area contributed by atoms with Crippen molar-refractivity contribution in [1.29, 1.82) is 0 Å². The van der Waals surface area contributed by atoms with Gasteiger partial charge in [-0.3, -0.25) is 0 Å². The van der Waals surface area contributed by atoms with Gasteiger partial charge in [0.05, 0.1) is 0 Å². The van der Waals surface area contributed by atoms with Crippen molar-refractivity contribution >= 4 is 44.4 Å². The number of rotatable bonds is 5. The van der Waals surface area contributed by atoms with Gasteiger partial charge >= 0.3 is 0 Å². The van der Waals surface area contributed by atoms with Gasteiger partial charge in [0.2, 0.25) is 0 Å². The fourth-order valence-corrected chi connectivity index (χ4v) is 6.60. The number of benzene rings is 4. The highest BCUT2D eigenvalue weighted by molar-refractivity contribution is 6.19. The molecule has 0 radical (unpaired) electrons. The molecule has 0 bridgehead atoms. The molecule has 212 valence electrons. The first kappa shape index (κ1) is 25.6. The molecule has 3 aliphatic carbocycles. The maximum Gasteiger partial charge on any atom is 0.164 e. The van der Waals surface area contributed by atoms with E-state index in [2.05, 4.69) is 85.0 Å². The van der Waals surface area contributed by atoms with E-state index in [-0.39, 0.29) is 0 Å². The second kappa shape index (κ2) is 10.1. The Bertz CT molecular complexity index is 2430. The molecule has 4 nitrogen and oxygen atoms in total. The van der Waals surface area contributed by atoms with Crippen LogP contribution in [0.3, 0.4) is 0 Å². The average Bonchev–Trinajstić information content (AvgIpc) is 3.74. The second-order valence-electron chi connectivity index (χ2n) is 11.6. The van der Waals surface area contributed by atoms with Crippen LogP contribution in [-0.2, 0) is 0 Å². The van der Waals surface area contributed by atoms with Crippen LogP contribution in [-0.4, -0.2) is 15.0 Å². The van der Waals surface area contributed by atoms with Crippen LogP contribution in [0.1, 0.15) is 18.3 Å². The van der Waals surface area contributed by atoms with Crippen LogP contribution in [0.2, 0.25) is 0 Å². The molecule has 0 saturated carbocycles. The molecule has 0 fully saturated rings. The van der Waals surface area contributed by atoms with Crippen molar-refractivity contribution in [2.75, 3.05) is 0 Å². The second-order valence-corrected chi connectivity index (χ2v) is 11.6. The quantitative estimate of drug-likeness (QED) is 0.191. The van der Waals surface area contributed by atoms with Gasteiger partial charge in [0.25, 0.3) is 0 Å². The summed E-state index contributed by atoms with van der Waals surface area (Å²) in [6.07, 6.45) is 21.2. The Kier molecular flexibility index (Phi) is 5.75.